The molecule has 4 aromatic rings. The highest BCUT2D eigenvalue weighted by atomic mass is 16.5. The maximum absolute atomic E-state index is 13.4. The van der Waals surface area contributed by atoms with Gasteiger partial charge in [0.2, 0.25) is 0 Å². The molecule has 1 saturated heterocycles. The van der Waals surface area contributed by atoms with Crippen LogP contribution in [0.4, 0.5) is 10.5 Å². The number of para-hydroxylation sites is 1. The molecule has 3 amide bonds. The van der Waals surface area contributed by atoms with Crippen LogP contribution in [0.15, 0.2) is 103 Å². The largest absolute Gasteiger partial charge is 0.485 e. The monoisotopic (exact) mass is 533 g/mol. The van der Waals surface area contributed by atoms with Crippen LogP contribution in [0.3, 0.4) is 0 Å². The highest BCUT2D eigenvalue weighted by molar-refractivity contribution is 5.99. The van der Waals surface area contributed by atoms with Gasteiger partial charge in [0.15, 0.2) is 17.2 Å². The second-order valence-corrected chi connectivity index (χ2v) is 10.3. The Kier molecular flexibility index (Phi) is 6.86. The Morgan fingerprint density at radius 1 is 0.975 bits per heavy atom. The Morgan fingerprint density at radius 2 is 1.70 bits per heavy atom. The minimum absolute atomic E-state index is 0.190. The third-order valence-corrected chi connectivity index (χ3v) is 7.41. The number of anilines is 1. The summed E-state index contributed by atoms with van der Waals surface area (Å²) in [6.45, 7) is 2.82. The number of nitrogens with zero attached hydrogens (tertiary/aromatic N) is 1. The average molecular weight is 534 g/mol. The number of ether oxygens (including phenoxy) is 2. The molecule has 2 aliphatic heterocycles. The lowest BCUT2D eigenvalue weighted by Crippen LogP contribution is -2.65. The fourth-order valence-corrected chi connectivity index (χ4v) is 5.45. The van der Waals surface area contributed by atoms with Crippen molar-refractivity contribution in [2.75, 3.05) is 11.4 Å². The van der Waals surface area contributed by atoms with Crippen molar-refractivity contribution in [2.24, 2.45) is 0 Å². The molecule has 0 spiro atoms. The van der Waals surface area contributed by atoms with Crippen LogP contribution < -0.4 is 25.0 Å². The van der Waals surface area contributed by atoms with E-state index in [4.69, 9.17) is 9.47 Å². The summed E-state index contributed by atoms with van der Waals surface area (Å²) in [6, 6.07) is 32.3. The Balaban J connectivity index is 1.22. The molecule has 0 saturated carbocycles. The first kappa shape index (κ1) is 25.5. The summed E-state index contributed by atoms with van der Waals surface area (Å²) in [5.74, 6) is 1.06. The molecule has 2 bridgehead atoms. The Labute approximate surface area is 233 Å². The third-order valence-electron chi connectivity index (χ3n) is 7.41. The van der Waals surface area contributed by atoms with E-state index >= 15 is 0 Å². The first-order valence-electron chi connectivity index (χ1n) is 13.5. The van der Waals surface area contributed by atoms with Crippen molar-refractivity contribution in [1.29, 1.82) is 0 Å². The van der Waals surface area contributed by atoms with E-state index in [0.717, 1.165) is 23.1 Å². The number of hydrogen-bond donors (Lipinski definition) is 2. The van der Waals surface area contributed by atoms with Crippen LogP contribution in [0.1, 0.15) is 46.4 Å². The van der Waals surface area contributed by atoms with Gasteiger partial charge in [0.25, 0.3) is 5.91 Å². The fourth-order valence-electron chi connectivity index (χ4n) is 5.45. The van der Waals surface area contributed by atoms with Gasteiger partial charge in [0, 0.05) is 24.1 Å². The van der Waals surface area contributed by atoms with E-state index in [0.29, 0.717) is 42.3 Å². The lowest BCUT2D eigenvalue weighted by molar-refractivity contribution is 0.0338. The molecule has 40 heavy (non-hydrogen) atoms. The normalized spacial score (nSPS) is 19.2. The molecule has 2 atom stereocenters. The predicted octanol–water partition coefficient (Wildman–Crippen LogP) is 6.01. The smallest absolute Gasteiger partial charge is 0.325 e. The SMILES string of the molecule is CC12CC(NC(=O)N1c1cccc(C(=O)NCCc3ccccc3)c1)c1cccc(OCc3ccccc3)c1O2. The first-order chi connectivity index (χ1) is 19.5. The van der Waals surface area contributed by atoms with Crippen molar-refractivity contribution in [3.8, 4) is 11.5 Å². The molecule has 2 unspecified atom stereocenters. The standard InChI is InChI=1S/C33H31N3O4/c1-33-21-28(27-16-9-17-29(30(27)40-33)39-22-24-12-6-3-7-13-24)35-32(38)36(33)26-15-8-14-25(20-26)31(37)34-19-18-23-10-4-2-5-11-23/h2-17,20,28H,18-19,21-22H2,1H3,(H,34,37)(H,35,38). The molecule has 4 aromatic carbocycles. The number of urea groups is 1. The van der Waals surface area contributed by atoms with E-state index in [1.54, 1.807) is 23.1 Å². The van der Waals surface area contributed by atoms with E-state index in [1.807, 2.05) is 91.9 Å². The zero-order valence-corrected chi connectivity index (χ0v) is 22.3. The van der Waals surface area contributed by atoms with Gasteiger partial charge in [-0.05, 0) is 48.7 Å². The number of fused-ring (bicyclic) bond motifs is 4. The van der Waals surface area contributed by atoms with Gasteiger partial charge in [0.05, 0.1) is 11.7 Å². The summed E-state index contributed by atoms with van der Waals surface area (Å²) in [5, 5.41) is 6.11. The molecular formula is C33H31N3O4. The van der Waals surface area contributed by atoms with E-state index in [9.17, 15) is 9.59 Å². The van der Waals surface area contributed by atoms with E-state index in [-0.39, 0.29) is 18.0 Å². The van der Waals surface area contributed by atoms with E-state index < -0.39 is 5.72 Å². The van der Waals surface area contributed by atoms with Gasteiger partial charge in [-0.3, -0.25) is 9.69 Å². The van der Waals surface area contributed by atoms with Crippen molar-refractivity contribution in [3.63, 3.8) is 0 Å². The minimum Gasteiger partial charge on any atom is -0.485 e. The van der Waals surface area contributed by atoms with Crippen molar-refractivity contribution in [1.82, 2.24) is 10.6 Å². The zero-order valence-electron chi connectivity index (χ0n) is 22.3. The molecule has 2 aliphatic rings. The summed E-state index contributed by atoms with van der Waals surface area (Å²) in [4.78, 5) is 28.0. The van der Waals surface area contributed by atoms with Gasteiger partial charge in [-0.25, -0.2) is 4.79 Å². The summed E-state index contributed by atoms with van der Waals surface area (Å²) in [5.41, 5.74) is 3.19. The van der Waals surface area contributed by atoms with Crippen LogP contribution >= 0.6 is 0 Å². The molecule has 0 radical (unpaired) electrons. The molecule has 2 N–H and O–H groups in total. The number of rotatable bonds is 8. The van der Waals surface area contributed by atoms with Gasteiger partial charge in [0.1, 0.15) is 6.61 Å². The van der Waals surface area contributed by atoms with E-state index in [2.05, 4.69) is 10.6 Å². The molecule has 1 fully saturated rings. The molecule has 7 nitrogen and oxygen atoms in total. The summed E-state index contributed by atoms with van der Waals surface area (Å²) in [7, 11) is 0. The fraction of sp³-hybridized carbons (Fsp3) is 0.212. The molecule has 7 heteroatoms. The second-order valence-electron chi connectivity index (χ2n) is 10.3. The molecule has 0 aliphatic carbocycles. The molecule has 202 valence electrons. The predicted molar refractivity (Wildman–Crippen MR) is 154 cm³/mol. The van der Waals surface area contributed by atoms with Crippen molar-refractivity contribution < 1.29 is 19.1 Å². The van der Waals surface area contributed by atoms with Crippen LogP contribution in [0, 0.1) is 0 Å². The maximum Gasteiger partial charge on any atom is 0.325 e. The van der Waals surface area contributed by atoms with Crippen molar-refractivity contribution in [2.45, 2.75) is 38.1 Å². The first-order valence-corrected chi connectivity index (χ1v) is 13.5. The van der Waals surface area contributed by atoms with Crippen LogP contribution in [0.2, 0.25) is 0 Å². The minimum atomic E-state index is -0.978. The molecular weight excluding hydrogens is 502 g/mol. The van der Waals surface area contributed by atoms with Gasteiger partial charge < -0.3 is 20.1 Å². The van der Waals surface area contributed by atoms with Gasteiger partial charge >= 0.3 is 6.03 Å². The van der Waals surface area contributed by atoms with Crippen LogP contribution in [-0.4, -0.2) is 24.2 Å². The Morgan fingerprint density at radius 3 is 2.48 bits per heavy atom. The van der Waals surface area contributed by atoms with Crippen molar-refractivity contribution >= 4 is 17.6 Å². The average Bonchev–Trinajstić information content (AvgIpc) is 2.97. The Hall–Kier alpha value is -4.78. The lowest BCUT2D eigenvalue weighted by atomic mass is 9.89. The highest BCUT2D eigenvalue weighted by Crippen LogP contribution is 2.49. The number of carbonyl (C=O) groups excluding carboxylic acids is 2. The third kappa shape index (κ3) is 5.10. The van der Waals surface area contributed by atoms with Gasteiger partial charge in [-0.1, -0.05) is 78.9 Å². The topological polar surface area (TPSA) is 79.9 Å². The number of nitrogens with one attached hydrogen (secondary N) is 2. The lowest BCUT2D eigenvalue weighted by Gasteiger charge is -2.50. The number of hydrogen-bond acceptors (Lipinski definition) is 4. The maximum atomic E-state index is 13.4. The van der Waals surface area contributed by atoms with Gasteiger partial charge in [-0.15, -0.1) is 0 Å². The highest BCUT2D eigenvalue weighted by Gasteiger charge is 2.50. The number of benzene rings is 4. The summed E-state index contributed by atoms with van der Waals surface area (Å²) in [6.07, 6.45) is 1.28. The molecule has 6 rings (SSSR count). The van der Waals surface area contributed by atoms with Crippen LogP contribution in [-0.2, 0) is 13.0 Å². The second kappa shape index (κ2) is 10.8. The molecule has 0 aromatic heterocycles. The number of amides is 3. The van der Waals surface area contributed by atoms with E-state index in [1.165, 1.54) is 0 Å². The van der Waals surface area contributed by atoms with Crippen LogP contribution in [0.5, 0.6) is 11.5 Å². The van der Waals surface area contributed by atoms with Crippen LogP contribution in [0.25, 0.3) is 0 Å². The summed E-state index contributed by atoms with van der Waals surface area (Å²) >= 11 is 0. The zero-order chi connectivity index (χ0) is 27.5. The van der Waals surface area contributed by atoms with Gasteiger partial charge in [-0.2, -0.15) is 0 Å². The molecule has 2 heterocycles. The quantitative estimate of drug-likeness (QED) is 0.291. The Bertz CT molecular complexity index is 1530. The van der Waals surface area contributed by atoms with Crippen molar-refractivity contribution in [3.05, 3.63) is 125 Å². The summed E-state index contributed by atoms with van der Waals surface area (Å²) < 4.78 is 12.8. The number of carbonyl (C=O) groups is 2.